The third-order valence-corrected chi connectivity index (χ3v) is 6.47. The van der Waals surface area contributed by atoms with Crippen molar-refractivity contribution in [2.24, 2.45) is 0 Å². The molecule has 2 amide bonds. The van der Waals surface area contributed by atoms with Gasteiger partial charge in [-0.05, 0) is 23.6 Å². The predicted molar refractivity (Wildman–Crippen MR) is 114 cm³/mol. The summed E-state index contributed by atoms with van der Waals surface area (Å²) in [4.78, 5) is 29.6. The number of nitrogens with zero attached hydrogens (tertiary/aromatic N) is 1. The molecule has 5 nitrogen and oxygen atoms in total. The van der Waals surface area contributed by atoms with Crippen molar-refractivity contribution in [1.29, 1.82) is 0 Å². The third-order valence-electron chi connectivity index (χ3n) is 3.50. The van der Waals surface area contributed by atoms with Crippen molar-refractivity contribution in [2.45, 2.75) is 23.5 Å². The van der Waals surface area contributed by atoms with E-state index >= 15 is 0 Å². The Morgan fingerprint density at radius 2 is 1.90 bits per heavy atom. The van der Waals surface area contributed by atoms with Crippen molar-refractivity contribution in [3.05, 3.63) is 56.7 Å². The highest BCUT2D eigenvalue weighted by molar-refractivity contribution is 7.99. The Balaban J connectivity index is 1.58. The number of amides is 2. The summed E-state index contributed by atoms with van der Waals surface area (Å²) in [7, 11) is 0. The van der Waals surface area contributed by atoms with Gasteiger partial charge in [0, 0.05) is 10.3 Å². The molecule has 0 aliphatic carbocycles. The van der Waals surface area contributed by atoms with E-state index < -0.39 is 11.7 Å². The molecule has 3 aromatic rings. The lowest BCUT2D eigenvalue weighted by Gasteiger charge is -2.11. The van der Waals surface area contributed by atoms with E-state index in [1.54, 1.807) is 11.4 Å². The number of anilines is 2. The van der Waals surface area contributed by atoms with Crippen LogP contribution < -0.4 is 10.6 Å². The highest BCUT2D eigenvalue weighted by Gasteiger charge is 2.16. The number of thioether (sulfide) groups is 1. The number of thiophene rings is 1. The van der Waals surface area contributed by atoms with E-state index in [1.807, 2.05) is 17.5 Å². The van der Waals surface area contributed by atoms with E-state index in [2.05, 4.69) is 15.6 Å². The maximum absolute atomic E-state index is 12.7. The van der Waals surface area contributed by atoms with Crippen LogP contribution in [-0.4, -0.2) is 22.6 Å². The Kier molecular flexibility index (Phi) is 7.59. The zero-order valence-electron chi connectivity index (χ0n) is 14.7. The molecular weight excluding hydrogens is 460 g/mol. The van der Waals surface area contributed by atoms with Gasteiger partial charge in [-0.1, -0.05) is 35.5 Å². The Labute approximate surface area is 182 Å². The van der Waals surface area contributed by atoms with Crippen molar-refractivity contribution in [2.75, 3.05) is 10.6 Å². The topological polar surface area (TPSA) is 71.1 Å². The number of hydrogen-bond donors (Lipinski definition) is 2. The maximum Gasteiger partial charge on any atom is 0.289 e. The summed E-state index contributed by atoms with van der Waals surface area (Å²) < 4.78 is 25.5. The summed E-state index contributed by atoms with van der Waals surface area (Å²) in [6, 6.07) is 8.30. The first kappa shape index (κ1) is 21.7. The molecule has 3 rings (SSSR count). The van der Waals surface area contributed by atoms with Crippen molar-refractivity contribution in [3.8, 4) is 0 Å². The predicted octanol–water partition coefficient (Wildman–Crippen LogP) is 5.54. The highest BCUT2D eigenvalue weighted by atomic mass is 35.5. The van der Waals surface area contributed by atoms with Gasteiger partial charge in [0.05, 0.1) is 34.1 Å². The second kappa shape index (κ2) is 10.1. The molecule has 1 aromatic carbocycles. The number of nitrogens with one attached hydrogen (secondary N) is 2. The Hall–Kier alpha value is -2.01. The summed E-state index contributed by atoms with van der Waals surface area (Å²) in [5.41, 5.74) is 0.677. The van der Waals surface area contributed by atoms with Gasteiger partial charge in [0.25, 0.3) is 5.76 Å². The smallest absolute Gasteiger partial charge is 0.289 e. The zero-order valence-corrected chi connectivity index (χ0v) is 17.9. The van der Waals surface area contributed by atoms with E-state index in [-0.39, 0.29) is 46.1 Å². The molecule has 0 unspecified atom stereocenters. The molecule has 2 heterocycles. The largest absolute Gasteiger partial charge is 0.325 e. The van der Waals surface area contributed by atoms with Crippen molar-refractivity contribution < 1.29 is 18.4 Å². The third kappa shape index (κ3) is 6.49. The molecule has 29 heavy (non-hydrogen) atoms. The van der Waals surface area contributed by atoms with E-state index in [0.717, 1.165) is 4.88 Å². The van der Waals surface area contributed by atoms with Crippen LogP contribution in [0.4, 0.5) is 19.6 Å². The normalized spacial score (nSPS) is 10.9. The monoisotopic (exact) mass is 473 g/mol. The van der Waals surface area contributed by atoms with Gasteiger partial charge in [0.1, 0.15) is 0 Å². The van der Waals surface area contributed by atoms with Gasteiger partial charge >= 0.3 is 0 Å². The number of carbonyl (C=O) groups excluding carboxylic acids is 2. The maximum atomic E-state index is 12.7. The standard InChI is InChI=1S/C18H14ClF2N3O2S3/c19-12-4-1-5-13(16(12)29-17(20)21)23-14(25)7-10-9-28-18(22-10)24-15(26)8-11-3-2-6-27-11/h1-6,9,17H,7-8H2,(H,23,25)(H,22,24,26). The summed E-state index contributed by atoms with van der Waals surface area (Å²) in [5.74, 6) is -3.28. The van der Waals surface area contributed by atoms with Gasteiger partial charge in [-0.2, -0.15) is 8.78 Å². The molecule has 2 N–H and O–H groups in total. The summed E-state index contributed by atoms with van der Waals surface area (Å²) in [6.07, 6.45) is 0.189. The number of carbonyl (C=O) groups is 2. The summed E-state index contributed by atoms with van der Waals surface area (Å²) in [6.45, 7) is 0. The summed E-state index contributed by atoms with van der Waals surface area (Å²) in [5, 5.41) is 9.37. The molecule has 152 valence electrons. The number of aromatic nitrogens is 1. The van der Waals surface area contributed by atoms with Crippen LogP contribution in [0.15, 0.2) is 46.0 Å². The van der Waals surface area contributed by atoms with E-state index in [4.69, 9.17) is 11.6 Å². The number of alkyl halides is 2. The number of benzene rings is 1. The Morgan fingerprint density at radius 3 is 2.62 bits per heavy atom. The van der Waals surface area contributed by atoms with Crippen molar-refractivity contribution in [1.82, 2.24) is 4.98 Å². The molecular formula is C18H14ClF2N3O2S3. The van der Waals surface area contributed by atoms with E-state index in [9.17, 15) is 18.4 Å². The molecule has 0 fully saturated rings. The summed E-state index contributed by atoms with van der Waals surface area (Å²) >= 11 is 8.94. The lowest BCUT2D eigenvalue weighted by Crippen LogP contribution is -2.16. The minimum absolute atomic E-state index is 0.0669. The number of hydrogen-bond acceptors (Lipinski definition) is 6. The van der Waals surface area contributed by atoms with Crippen LogP contribution in [0, 0.1) is 0 Å². The molecule has 0 saturated heterocycles. The van der Waals surface area contributed by atoms with Crippen LogP contribution in [0.5, 0.6) is 0 Å². The molecule has 0 saturated carbocycles. The van der Waals surface area contributed by atoms with Gasteiger partial charge in [0.15, 0.2) is 5.13 Å². The van der Waals surface area contributed by atoms with Crippen molar-refractivity contribution >= 4 is 68.7 Å². The van der Waals surface area contributed by atoms with Crippen LogP contribution in [-0.2, 0) is 22.4 Å². The molecule has 0 spiro atoms. The molecule has 11 heteroatoms. The molecule has 0 atom stereocenters. The van der Waals surface area contributed by atoms with Crippen LogP contribution in [0.25, 0.3) is 0 Å². The van der Waals surface area contributed by atoms with Crippen LogP contribution >= 0.6 is 46.0 Å². The number of thiazole rings is 1. The lowest BCUT2D eigenvalue weighted by molar-refractivity contribution is -0.116. The fraction of sp³-hybridized carbons (Fsp3) is 0.167. The van der Waals surface area contributed by atoms with Crippen LogP contribution in [0.1, 0.15) is 10.6 Å². The van der Waals surface area contributed by atoms with Crippen LogP contribution in [0.2, 0.25) is 5.02 Å². The van der Waals surface area contributed by atoms with Gasteiger partial charge in [-0.3, -0.25) is 9.59 Å². The Morgan fingerprint density at radius 1 is 1.10 bits per heavy atom. The second-order valence-electron chi connectivity index (χ2n) is 5.67. The average Bonchev–Trinajstić information content (AvgIpc) is 3.30. The fourth-order valence-electron chi connectivity index (χ4n) is 2.36. The fourth-order valence-corrected chi connectivity index (χ4v) is 4.70. The molecule has 0 bridgehead atoms. The first-order valence-corrected chi connectivity index (χ1v) is 11.2. The quantitative estimate of drug-likeness (QED) is 0.422. The molecule has 2 aromatic heterocycles. The molecule has 0 radical (unpaired) electrons. The van der Waals surface area contributed by atoms with E-state index in [1.165, 1.54) is 34.8 Å². The number of halogens is 3. The lowest BCUT2D eigenvalue weighted by atomic mass is 10.3. The van der Waals surface area contributed by atoms with Crippen LogP contribution in [0.3, 0.4) is 0 Å². The van der Waals surface area contributed by atoms with Gasteiger partial charge in [0.2, 0.25) is 11.8 Å². The number of rotatable bonds is 8. The molecule has 0 aliphatic rings. The SMILES string of the molecule is O=C(Cc1cccs1)Nc1nc(CC(=O)Nc2cccc(Cl)c2SC(F)F)cs1. The second-order valence-corrected chi connectivity index (χ2v) is 8.97. The minimum Gasteiger partial charge on any atom is -0.325 e. The Bertz CT molecular complexity index is 996. The molecule has 0 aliphatic heterocycles. The van der Waals surface area contributed by atoms with Gasteiger partial charge in [-0.15, -0.1) is 22.7 Å². The van der Waals surface area contributed by atoms with E-state index in [0.29, 0.717) is 10.8 Å². The first-order valence-electron chi connectivity index (χ1n) is 8.20. The van der Waals surface area contributed by atoms with Gasteiger partial charge in [-0.25, -0.2) is 4.98 Å². The average molecular weight is 474 g/mol. The minimum atomic E-state index is -2.66. The van der Waals surface area contributed by atoms with Gasteiger partial charge < -0.3 is 10.6 Å². The highest BCUT2D eigenvalue weighted by Crippen LogP contribution is 2.37. The first-order chi connectivity index (χ1) is 13.9. The van der Waals surface area contributed by atoms with Crippen molar-refractivity contribution in [3.63, 3.8) is 0 Å². The zero-order chi connectivity index (χ0) is 20.8.